The average molecular weight is 376 g/mol. The number of carbonyl (C=O) groups is 1. The van der Waals surface area contributed by atoms with Crippen LogP contribution in [0.15, 0.2) is 36.5 Å². The molecule has 2 atom stereocenters. The molecule has 0 spiro atoms. The maximum absolute atomic E-state index is 13.3. The molecule has 2 aliphatic heterocycles. The van der Waals surface area contributed by atoms with E-state index in [0.29, 0.717) is 28.9 Å². The minimum Gasteiger partial charge on any atom is -0.373 e. The van der Waals surface area contributed by atoms with Gasteiger partial charge in [-0.25, -0.2) is 4.98 Å². The average Bonchev–Trinajstić information content (AvgIpc) is 3.30. The first-order chi connectivity index (χ1) is 13.7. The van der Waals surface area contributed by atoms with Crippen LogP contribution in [-0.2, 0) is 6.42 Å². The smallest absolute Gasteiger partial charge is 0.259 e. The van der Waals surface area contributed by atoms with Gasteiger partial charge in [-0.2, -0.15) is 9.61 Å². The maximum atomic E-state index is 13.3. The Morgan fingerprint density at radius 3 is 3.00 bits per heavy atom. The minimum absolute atomic E-state index is 0.0219. The normalized spacial score (nSPS) is 21.2. The number of fused-ring (bicyclic) bond motifs is 5. The molecule has 0 unspecified atom stereocenters. The van der Waals surface area contributed by atoms with Crippen molar-refractivity contribution in [3.05, 3.63) is 47.7 Å². The predicted molar refractivity (Wildman–Crippen MR) is 109 cm³/mol. The van der Waals surface area contributed by atoms with Gasteiger partial charge in [0.05, 0.1) is 6.20 Å². The first kappa shape index (κ1) is 17.0. The molecule has 144 valence electrons. The lowest BCUT2D eigenvalue weighted by Gasteiger charge is -2.17. The van der Waals surface area contributed by atoms with E-state index in [0.717, 1.165) is 37.4 Å². The Bertz CT molecular complexity index is 1060. The van der Waals surface area contributed by atoms with Crippen LogP contribution in [-0.4, -0.2) is 45.5 Å². The summed E-state index contributed by atoms with van der Waals surface area (Å²) >= 11 is 0. The number of anilines is 3. The van der Waals surface area contributed by atoms with E-state index in [1.807, 2.05) is 18.0 Å². The molecule has 2 aliphatic rings. The lowest BCUT2D eigenvalue weighted by Crippen LogP contribution is -2.29. The van der Waals surface area contributed by atoms with E-state index in [2.05, 4.69) is 46.9 Å². The molecular formula is C21H24N6O. The molecule has 0 radical (unpaired) electrons. The number of nitrogens with one attached hydrogen (secondary N) is 2. The molecule has 6 bridgehead atoms. The Morgan fingerprint density at radius 2 is 2.18 bits per heavy atom. The molecular weight excluding hydrogens is 352 g/mol. The highest BCUT2D eigenvalue weighted by Gasteiger charge is 2.35. The number of hydrogen-bond acceptors (Lipinski definition) is 5. The number of rotatable bonds is 2. The lowest BCUT2D eigenvalue weighted by atomic mass is 9.88. The number of aromatic nitrogens is 3. The lowest BCUT2D eigenvalue weighted by molar-refractivity contribution is 0.0785. The Hall–Kier alpha value is -3.09. The fraction of sp³-hybridized carbons (Fsp3) is 0.381. The molecule has 5 rings (SSSR count). The Kier molecular flexibility index (Phi) is 3.96. The Labute approximate surface area is 163 Å². The third-order valence-electron chi connectivity index (χ3n) is 6.04. The van der Waals surface area contributed by atoms with Crippen molar-refractivity contribution in [3.63, 3.8) is 0 Å². The second-order valence-electron chi connectivity index (χ2n) is 7.74. The van der Waals surface area contributed by atoms with Crippen LogP contribution in [0.25, 0.3) is 5.65 Å². The summed E-state index contributed by atoms with van der Waals surface area (Å²) in [7, 11) is 1.84. The molecule has 7 heteroatoms. The summed E-state index contributed by atoms with van der Waals surface area (Å²) in [6.07, 6.45) is 3.70. The number of benzene rings is 1. The van der Waals surface area contributed by atoms with Crippen molar-refractivity contribution >= 4 is 28.9 Å². The zero-order valence-electron chi connectivity index (χ0n) is 16.1. The van der Waals surface area contributed by atoms with Crippen molar-refractivity contribution < 1.29 is 4.79 Å². The zero-order chi connectivity index (χ0) is 19.3. The van der Waals surface area contributed by atoms with Gasteiger partial charge in [0.25, 0.3) is 5.91 Å². The Balaban J connectivity index is 1.70. The first-order valence-corrected chi connectivity index (χ1v) is 9.88. The van der Waals surface area contributed by atoms with Crippen LogP contribution in [0.5, 0.6) is 0 Å². The zero-order valence-corrected chi connectivity index (χ0v) is 16.1. The topological polar surface area (TPSA) is 74.6 Å². The molecule has 1 fully saturated rings. The molecule has 1 saturated heterocycles. The van der Waals surface area contributed by atoms with Crippen molar-refractivity contribution in [3.8, 4) is 0 Å². The van der Waals surface area contributed by atoms with Crippen LogP contribution >= 0.6 is 0 Å². The third-order valence-corrected chi connectivity index (χ3v) is 6.04. The van der Waals surface area contributed by atoms with E-state index < -0.39 is 0 Å². The van der Waals surface area contributed by atoms with Crippen molar-refractivity contribution in [2.24, 2.45) is 11.8 Å². The van der Waals surface area contributed by atoms with E-state index in [-0.39, 0.29) is 5.91 Å². The molecule has 0 aliphatic carbocycles. The number of amides is 1. The second-order valence-corrected chi connectivity index (χ2v) is 7.74. The second kappa shape index (κ2) is 6.51. The molecule has 1 amide bonds. The summed E-state index contributed by atoms with van der Waals surface area (Å²) in [4.78, 5) is 20.0. The monoisotopic (exact) mass is 376 g/mol. The molecule has 1 aromatic carbocycles. The van der Waals surface area contributed by atoms with E-state index >= 15 is 0 Å². The van der Waals surface area contributed by atoms with Gasteiger partial charge in [0.1, 0.15) is 17.2 Å². The van der Waals surface area contributed by atoms with Gasteiger partial charge in [-0.3, -0.25) is 4.79 Å². The summed E-state index contributed by atoms with van der Waals surface area (Å²) in [6.45, 7) is 3.80. The number of hydrogen-bond donors (Lipinski definition) is 2. The highest BCUT2D eigenvalue weighted by Crippen LogP contribution is 2.32. The van der Waals surface area contributed by atoms with Crippen molar-refractivity contribution in [1.82, 2.24) is 19.5 Å². The highest BCUT2D eigenvalue weighted by molar-refractivity contribution is 6.00. The van der Waals surface area contributed by atoms with Crippen molar-refractivity contribution in [1.29, 1.82) is 0 Å². The summed E-state index contributed by atoms with van der Waals surface area (Å²) < 4.78 is 1.69. The van der Waals surface area contributed by atoms with Gasteiger partial charge in [-0.1, -0.05) is 25.5 Å². The fourth-order valence-electron chi connectivity index (χ4n) is 4.55. The van der Waals surface area contributed by atoms with Gasteiger partial charge >= 0.3 is 0 Å². The largest absolute Gasteiger partial charge is 0.373 e. The highest BCUT2D eigenvalue weighted by atomic mass is 16.2. The molecule has 2 aromatic heterocycles. The van der Waals surface area contributed by atoms with Gasteiger partial charge in [0.15, 0.2) is 5.65 Å². The van der Waals surface area contributed by atoms with E-state index in [9.17, 15) is 4.79 Å². The van der Waals surface area contributed by atoms with E-state index in [1.165, 1.54) is 5.56 Å². The van der Waals surface area contributed by atoms with E-state index in [1.54, 1.807) is 10.7 Å². The first-order valence-electron chi connectivity index (χ1n) is 9.88. The predicted octanol–water partition coefficient (Wildman–Crippen LogP) is 3.17. The van der Waals surface area contributed by atoms with Crippen LogP contribution in [0.3, 0.4) is 0 Å². The van der Waals surface area contributed by atoms with Crippen molar-refractivity contribution in [2.75, 3.05) is 30.8 Å². The molecule has 2 N–H and O–H groups in total. The number of carbonyl (C=O) groups excluding carboxylic acids is 1. The third kappa shape index (κ3) is 2.69. The van der Waals surface area contributed by atoms with Gasteiger partial charge < -0.3 is 15.5 Å². The standard InChI is InChI=1S/C21H24N6O/c1-3-14-11-26-12-15(14)7-13-5-4-6-16(8-13)24-18-9-19(22-2)27-20(25-18)17(10-23-27)21(26)28/h4-6,8-10,14-15,22H,3,7,11-12H2,1-2H3,(H,24,25)/t14-,15+/m1/s1. The molecule has 28 heavy (non-hydrogen) atoms. The van der Waals surface area contributed by atoms with Crippen LogP contribution < -0.4 is 10.6 Å². The van der Waals surface area contributed by atoms with Gasteiger partial charge in [-0.15, -0.1) is 0 Å². The van der Waals surface area contributed by atoms with Gasteiger partial charge in [0.2, 0.25) is 0 Å². The quantitative estimate of drug-likeness (QED) is 0.719. The summed E-state index contributed by atoms with van der Waals surface area (Å²) in [5, 5.41) is 11.0. The Morgan fingerprint density at radius 1 is 1.29 bits per heavy atom. The van der Waals surface area contributed by atoms with Crippen LogP contribution in [0.2, 0.25) is 0 Å². The molecule has 0 saturated carbocycles. The molecule has 4 heterocycles. The fourth-order valence-corrected chi connectivity index (χ4v) is 4.55. The number of nitrogens with zero attached hydrogens (tertiary/aromatic N) is 4. The van der Waals surface area contributed by atoms with Gasteiger partial charge in [0, 0.05) is 31.9 Å². The van der Waals surface area contributed by atoms with Crippen molar-refractivity contribution in [2.45, 2.75) is 19.8 Å². The van der Waals surface area contributed by atoms with Crippen LogP contribution in [0, 0.1) is 11.8 Å². The summed E-state index contributed by atoms with van der Waals surface area (Å²) in [6, 6.07) is 10.4. The maximum Gasteiger partial charge on any atom is 0.259 e. The summed E-state index contributed by atoms with van der Waals surface area (Å²) in [5.41, 5.74) is 3.43. The summed E-state index contributed by atoms with van der Waals surface area (Å²) in [5.74, 6) is 2.48. The molecule has 3 aromatic rings. The minimum atomic E-state index is 0.0219. The van der Waals surface area contributed by atoms with E-state index in [4.69, 9.17) is 4.98 Å². The molecule has 7 nitrogen and oxygen atoms in total. The van der Waals surface area contributed by atoms with Crippen LogP contribution in [0.4, 0.5) is 17.3 Å². The van der Waals surface area contributed by atoms with Gasteiger partial charge in [-0.05, 0) is 36.0 Å². The SMILES string of the molecule is CC[C@@H]1CN2C[C@@H]1Cc1cccc(c1)Nc1cc(NC)n3ncc(c3n1)C2=O. The van der Waals surface area contributed by atoms with Crippen LogP contribution in [0.1, 0.15) is 29.3 Å².